The molecule has 3 aromatic rings. The average molecular weight is 533 g/mol. The Balaban J connectivity index is 1.67. The normalized spacial score (nSPS) is 14.5. The van der Waals surface area contributed by atoms with Gasteiger partial charge in [0.05, 0.1) is 26.1 Å². The number of aryl methyl sites for hydroxylation is 1. The molecule has 38 heavy (non-hydrogen) atoms. The molecule has 0 radical (unpaired) electrons. The zero-order valence-electron chi connectivity index (χ0n) is 22.0. The van der Waals surface area contributed by atoms with Crippen LogP contribution in [-0.4, -0.2) is 47.1 Å². The highest BCUT2D eigenvalue weighted by atomic mass is 32.2. The molecular weight excluding hydrogens is 500 g/mol. The summed E-state index contributed by atoms with van der Waals surface area (Å²) in [6.45, 7) is 4.06. The number of carbonyl (C=O) groups is 1. The van der Waals surface area contributed by atoms with Crippen LogP contribution >= 0.6 is 11.8 Å². The lowest BCUT2D eigenvalue weighted by atomic mass is 9.99. The summed E-state index contributed by atoms with van der Waals surface area (Å²) in [6, 6.07) is 11.8. The molecule has 1 atom stereocenters. The number of rotatable bonds is 9. The molecule has 0 spiro atoms. The second-order valence-corrected chi connectivity index (χ2v) is 9.90. The molecule has 0 fully saturated rings. The molecule has 1 aromatic heterocycles. The number of anilines is 2. The van der Waals surface area contributed by atoms with Gasteiger partial charge in [-0.2, -0.15) is 10.1 Å². The standard InChI is InChI=1S/C28H32N6O3S/c1-5-22-21(26(29)33-28(30)32-22)14-17-13-18(25(37-4)23(15-17)36-3)11-12-24(35)34-27(38-6-2)20-10-8-7-9-19(20)16-31-34/h7-13,15-16,27H,5-6,14H2,1-4H3,(H4,29,30,32,33). The zero-order chi connectivity index (χ0) is 27.2. The van der Waals surface area contributed by atoms with E-state index in [9.17, 15) is 4.79 Å². The van der Waals surface area contributed by atoms with Crippen molar-refractivity contribution >= 4 is 41.7 Å². The monoisotopic (exact) mass is 532 g/mol. The molecule has 4 rings (SSSR count). The molecule has 1 amide bonds. The number of carbonyl (C=O) groups excluding carboxylic acids is 1. The summed E-state index contributed by atoms with van der Waals surface area (Å²) in [5, 5.41) is 5.77. The number of nitrogen functional groups attached to an aromatic ring is 2. The van der Waals surface area contributed by atoms with Crippen molar-refractivity contribution in [1.82, 2.24) is 15.0 Å². The van der Waals surface area contributed by atoms with Crippen LogP contribution < -0.4 is 20.9 Å². The summed E-state index contributed by atoms with van der Waals surface area (Å²) >= 11 is 1.66. The number of hydrogen-bond acceptors (Lipinski definition) is 9. The van der Waals surface area contributed by atoms with Crippen LogP contribution in [0.3, 0.4) is 0 Å². The Bertz CT molecular complexity index is 1390. The van der Waals surface area contributed by atoms with Gasteiger partial charge in [-0.15, -0.1) is 11.8 Å². The second-order valence-electron chi connectivity index (χ2n) is 8.54. The first-order valence-corrected chi connectivity index (χ1v) is 13.4. The fourth-order valence-corrected chi connectivity index (χ4v) is 5.45. The van der Waals surface area contributed by atoms with Crippen LogP contribution in [-0.2, 0) is 17.6 Å². The van der Waals surface area contributed by atoms with E-state index in [1.165, 1.54) is 11.1 Å². The van der Waals surface area contributed by atoms with Gasteiger partial charge < -0.3 is 20.9 Å². The van der Waals surface area contributed by atoms with Gasteiger partial charge in [0, 0.05) is 29.2 Å². The van der Waals surface area contributed by atoms with Gasteiger partial charge in [0.2, 0.25) is 5.95 Å². The molecule has 1 unspecified atom stereocenters. The highest BCUT2D eigenvalue weighted by Crippen LogP contribution is 2.38. The molecule has 2 aromatic carbocycles. The number of amides is 1. The van der Waals surface area contributed by atoms with E-state index >= 15 is 0 Å². The fourth-order valence-electron chi connectivity index (χ4n) is 4.44. The Hall–Kier alpha value is -4.05. The van der Waals surface area contributed by atoms with Crippen molar-refractivity contribution in [2.75, 3.05) is 31.4 Å². The third kappa shape index (κ3) is 5.60. The number of thioether (sulfide) groups is 1. The summed E-state index contributed by atoms with van der Waals surface area (Å²) < 4.78 is 11.2. The van der Waals surface area contributed by atoms with E-state index in [2.05, 4.69) is 22.0 Å². The first-order chi connectivity index (χ1) is 18.4. The SMILES string of the molecule is CCSC1c2ccccc2C=NN1C(=O)C=Cc1cc(Cc2c(N)nc(N)nc2CC)cc(OC)c1OC. The maximum absolute atomic E-state index is 13.4. The molecule has 9 nitrogen and oxygen atoms in total. The van der Waals surface area contributed by atoms with Gasteiger partial charge in [0.25, 0.3) is 5.91 Å². The third-order valence-corrected chi connectivity index (χ3v) is 7.29. The molecule has 0 bridgehead atoms. The van der Waals surface area contributed by atoms with Gasteiger partial charge >= 0.3 is 0 Å². The average Bonchev–Trinajstić information content (AvgIpc) is 2.92. The number of hydrogen-bond donors (Lipinski definition) is 2. The van der Waals surface area contributed by atoms with Crippen molar-refractivity contribution in [2.24, 2.45) is 5.10 Å². The number of nitrogens with two attached hydrogens (primary N) is 2. The van der Waals surface area contributed by atoms with Crippen molar-refractivity contribution in [2.45, 2.75) is 32.1 Å². The van der Waals surface area contributed by atoms with Crippen molar-refractivity contribution in [3.05, 3.63) is 76.0 Å². The molecule has 1 aliphatic heterocycles. The quantitative estimate of drug-likeness (QED) is 0.387. The van der Waals surface area contributed by atoms with Crippen molar-refractivity contribution in [1.29, 1.82) is 0 Å². The van der Waals surface area contributed by atoms with E-state index in [0.29, 0.717) is 35.7 Å². The number of fused-ring (bicyclic) bond motifs is 1. The molecular formula is C28H32N6O3S. The maximum Gasteiger partial charge on any atom is 0.268 e. The summed E-state index contributed by atoms with van der Waals surface area (Å²) in [6.07, 6.45) is 6.08. The largest absolute Gasteiger partial charge is 0.493 e. The van der Waals surface area contributed by atoms with Crippen molar-refractivity contribution in [3.63, 3.8) is 0 Å². The van der Waals surface area contributed by atoms with Gasteiger partial charge in [-0.25, -0.2) is 9.99 Å². The molecule has 1 aliphatic rings. The summed E-state index contributed by atoms with van der Waals surface area (Å²) in [7, 11) is 3.14. The number of ether oxygens (including phenoxy) is 2. The molecule has 2 heterocycles. The van der Waals surface area contributed by atoms with Crippen LogP contribution in [0.2, 0.25) is 0 Å². The minimum Gasteiger partial charge on any atom is -0.493 e. The highest BCUT2D eigenvalue weighted by Gasteiger charge is 2.28. The van der Waals surface area contributed by atoms with E-state index in [0.717, 1.165) is 33.7 Å². The van der Waals surface area contributed by atoms with Gasteiger partial charge in [-0.1, -0.05) is 38.1 Å². The Labute approximate surface area is 226 Å². The number of hydrazone groups is 1. The topological polar surface area (TPSA) is 129 Å². The van der Waals surface area contributed by atoms with E-state index in [1.54, 1.807) is 38.3 Å². The molecule has 198 valence electrons. The zero-order valence-corrected chi connectivity index (χ0v) is 22.8. The lowest BCUT2D eigenvalue weighted by Gasteiger charge is -2.30. The van der Waals surface area contributed by atoms with Crippen LogP contribution in [0.1, 0.15) is 52.7 Å². The van der Waals surface area contributed by atoms with Crippen LogP contribution in [0.25, 0.3) is 6.08 Å². The Morgan fingerprint density at radius 1 is 1.13 bits per heavy atom. The van der Waals surface area contributed by atoms with Gasteiger partial charge in [-0.3, -0.25) is 4.79 Å². The molecule has 0 saturated heterocycles. The van der Waals surface area contributed by atoms with Crippen LogP contribution in [0.4, 0.5) is 11.8 Å². The third-order valence-electron chi connectivity index (χ3n) is 6.19. The molecule has 0 aliphatic carbocycles. The molecule has 0 saturated carbocycles. The lowest BCUT2D eigenvalue weighted by molar-refractivity contribution is -0.126. The van der Waals surface area contributed by atoms with Gasteiger partial charge in [0.15, 0.2) is 11.5 Å². The number of nitrogens with zero attached hydrogens (tertiary/aromatic N) is 4. The van der Waals surface area contributed by atoms with Crippen LogP contribution in [0.5, 0.6) is 11.5 Å². The molecule has 10 heteroatoms. The van der Waals surface area contributed by atoms with Gasteiger partial charge in [0.1, 0.15) is 11.2 Å². The van der Waals surface area contributed by atoms with E-state index in [-0.39, 0.29) is 17.2 Å². The number of methoxy groups -OCH3 is 2. The summed E-state index contributed by atoms with van der Waals surface area (Å²) in [4.78, 5) is 21.8. The number of aromatic nitrogens is 2. The van der Waals surface area contributed by atoms with E-state index in [4.69, 9.17) is 20.9 Å². The van der Waals surface area contributed by atoms with E-state index in [1.807, 2.05) is 43.3 Å². The molecule has 4 N–H and O–H groups in total. The first-order valence-electron chi connectivity index (χ1n) is 12.3. The van der Waals surface area contributed by atoms with Crippen molar-refractivity contribution in [3.8, 4) is 11.5 Å². The highest BCUT2D eigenvalue weighted by molar-refractivity contribution is 7.99. The number of benzene rings is 2. The maximum atomic E-state index is 13.4. The minimum atomic E-state index is -0.238. The van der Waals surface area contributed by atoms with Gasteiger partial charge in [-0.05, 0) is 41.5 Å². The predicted octanol–water partition coefficient (Wildman–Crippen LogP) is 4.45. The van der Waals surface area contributed by atoms with Crippen LogP contribution in [0, 0.1) is 0 Å². The second kappa shape index (κ2) is 12.0. The van der Waals surface area contributed by atoms with E-state index < -0.39 is 0 Å². The Kier molecular flexibility index (Phi) is 8.52. The summed E-state index contributed by atoms with van der Waals surface area (Å²) in [5.74, 6) is 2.16. The predicted molar refractivity (Wildman–Crippen MR) is 153 cm³/mol. The first kappa shape index (κ1) is 27.0. The summed E-state index contributed by atoms with van der Waals surface area (Å²) in [5.41, 5.74) is 17.2. The lowest BCUT2D eigenvalue weighted by Crippen LogP contribution is -2.30. The smallest absolute Gasteiger partial charge is 0.268 e. The Morgan fingerprint density at radius 2 is 1.92 bits per heavy atom. The van der Waals surface area contributed by atoms with Crippen LogP contribution in [0.15, 0.2) is 47.6 Å². The van der Waals surface area contributed by atoms with Crippen molar-refractivity contribution < 1.29 is 14.3 Å². The fraction of sp³-hybridized carbons (Fsp3) is 0.286. The Morgan fingerprint density at radius 3 is 2.63 bits per heavy atom. The minimum absolute atomic E-state index is 0.153.